The van der Waals surface area contributed by atoms with E-state index in [1.807, 2.05) is 0 Å². The van der Waals surface area contributed by atoms with Gasteiger partial charge in [0.15, 0.2) is 0 Å². The molecule has 0 nitrogen and oxygen atoms in total. The highest BCUT2D eigenvalue weighted by Gasteiger charge is 2.62. The number of hydrogen-bond donors (Lipinski definition) is 0. The van der Waals surface area contributed by atoms with Crippen LogP contribution in [0.5, 0.6) is 0 Å². The van der Waals surface area contributed by atoms with Crippen LogP contribution >= 0.6 is 15.8 Å². The summed E-state index contributed by atoms with van der Waals surface area (Å²) < 4.78 is 0. The molecule has 8 rings (SSSR count). The molecule has 32 heavy (non-hydrogen) atoms. The Hall–Kier alpha value is 0.860. The Balaban J connectivity index is 1.13. The van der Waals surface area contributed by atoms with E-state index in [9.17, 15) is 0 Å². The van der Waals surface area contributed by atoms with Crippen LogP contribution in [0.15, 0.2) is 0 Å². The second kappa shape index (κ2) is 7.21. The van der Waals surface area contributed by atoms with Gasteiger partial charge in [0.05, 0.1) is 0 Å². The smallest absolute Gasteiger partial charge is 0.00865 e. The van der Waals surface area contributed by atoms with Crippen LogP contribution in [0.25, 0.3) is 0 Å². The van der Waals surface area contributed by atoms with E-state index in [-0.39, 0.29) is 15.8 Å². The number of fused-ring (bicyclic) bond motifs is 8. The van der Waals surface area contributed by atoms with E-state index in [1.54, 1.807) is 141 Å². The van der Waals surface area contributed by atoms with Gasteiger partial charge in [0.1, 0.15) is 0 Å². The zero-order valence-electron chi connectivity index (χ0n) is 20.8. The average molecular weight is 471 g/mol. The molecule has 0 radical (unpaired) electrons. The molecule has 0 amide bonds. The van der Waals surface area contributed by atoms with Crippen LogP contribution in [-0.2, 0) is 0 Å². The van der Waals surface area contributed by atoms with Gasteiger partial charge in [-0.2, -0.15) is 0 Å². The fraction of sp³-hybridized carbons (Fsp3) is 1.00. The largest absolute Gasteiger partial charge is 0.0936 e. The fourth-order valence-electron chi connectivity index (χ4n) is 12.3. The second-order valence-electron chi connectivity index (χ2n) is 14.8. The Morgan fingerprint density at radius 2 is 0.594 bits per heavy atom. The minimum atomic E-state index is 0.279. The molecule has 178 valence electrons. The van der Waals surface area contributed by atoms with Crippen molar-refractivity contribution in [2.24, 2.45) is 23.7 Å². The second-order valence-corrected chi connectivity index (χ2v) is 21.2. The van der Waals surface area contributed by atoms with Crippen molar-refractivity contribution < 1.29 is 0 Å². The predicted molar refractivity (Wildman–Crippen MR) is 141 cm³/mol. The molecule has 0 aromatic heterocycles. The molecule has 8 aliphatic carbocycles. The van der Waals surface area contributed by atoms with Crippen LogP contribution in [0.1, 0.15) is 128 Å². The maximum absolute atomic E-state index is 1.76. The first-order valence-electron chi connectivity index (χ1n) is 15.2. The van der Waals surface area contributed by atoms with Gasteiger partial charge in [-0.05, 0) is 185 Å². The molecule has 0 spiro atoms. The summed E-state index contributed by atoms with van der Waals surface area (Å²) in [5, 5.41) is 3.55. The lowest BCUT2D eigenvalue weighted by Gasteiger charge is -2.52. The first-order valence-corrected chi connectivity index (χ1v) is 18.2. The van der Waals surface area contributed by atoms with Gasteiger partial charge in [-0.25, -0.2) is 0 Å². The maximum atomic E-state index is 1.76. The van der Waals surface area contributed by atoms with Gasteiger partial charge in [-0.1, -0.05) is 15.8 Å². The Morgan fingerprint density at radius 1 is 0.375 bits per heavy atom. The Bertz CT molecular complexity index is 615. The minimum Gasteiger partial charge on any atom is -0.0936 e. The molecule has 8 saturated carbocycles. The van der Waals surface area contributed by atoms with Crippen molar-refractivity contribution in [3.05, 3.63) is 0 Å². The van der Waals surface area contributed by atoms with Crippen molar-refractivity contribution in [2.75, 3.05) is 12.3 Å². The monoisotopic (exact) mass is 470 g/mol. The van der Waals surface area contributed by atoms with Crippen molar-refractivity contribution in [3.8, 4) is 0 Å². The lowest BCUT2D eigenvalue weighted by molar-refractivity contribution is 0.470. The van der Waals surface area contributed by atoms with Gasteiger partial charge < -0.3 is 0 Å². The predicted octanol–water partition coefficient (Wildman–Crippen LogP) is 9.28. The van der Waals surface area contributed by atoms with Crippen molar-refractivity contribution in [2.45, 2.75) is 149 Å². The van der Waals surface area contributed by atoms with Gasteiger partial charge in [-0.15, -0.1) is 0 Å². The normalized spacial score (nSPS) is 56.6. The summed E-state index contributed by atoms with van der Waals surface area (Å²) in [5.74, 6) is 4.63. The van der Waals surface area contributed by atoms with Crippen LogP contribution in [0.3, 0.4) is 0 Å². The highest BCUT2D eigenvalue weighted by molar-refractivity contribution is 7.65. The quantitative estimate of drug-likeness (QED) is 0.325. The van der Waals surface area contributed by atoms with Gasteiger partial charge in [0.2, 0.25) is 0 Å². The van der Waals surface area contributed by atoms with E-state index in [4.69, 9.17) is 0 Å². The van der Waals surface area contributed by atoms with Crippen LogP contribution in [0.4, 0.5) is 0 Å². The molecular formula is C30H48P2. The summed E-state index contributed by atoms with van der Waals surface area (Å²) in [4.78, 5) is 0. The maximum Gasteiger partial charge on any atom is -0.00865 e. The van der Waals surface area contributed by atoms with Crippen LogP contribution in [0.2, 0.25) is 0 Å². The van der Waals surface area contributed by atoms with E-state index in [0.717, 1.165) is 44.3 Å². The summed E-state index contributed by atoms with van der Waals surface area (Å²) in [7, 11) is 0.558. The van der Waals surface area contributed by atoms with E-state index in [1.165, 1.54) is 0 Å². The Kier molecular flexibility index (Phi) is 4.73. The minimum absolute atomic E-state index is 0.279. The van der Waals surface area contributed by atoms with Crippen molar-refractivity contribution in [1.82, 2.24) is 0 Å². The molecule has 8 bridgehead atoms. The molecule has 0 aromatic carbocycles. The molecule has 0 unspecified atom stereocenters. The van der Waals surface area contributed by atoms with Crippen LogP contribution < -0.4 is 0 Å². The first kappa shape index (κ1) is 21.0. The van der Waals surface area contributed by atoms with E-state index in [2.05, 4.69) is 0 Å². The summed E-state index contributed by atoms with van der Waals surface area (Å²) in [6.07, 6.45) is 36.8. The van der Waals surface area contributed by atoms with Crippen LogP contribution in [-0.4, -0.2) is 32.9 Å². The molecule has 8 aliphatic rings. The molecule has 0 atom stereocenters. The molecule has 0 saturated heterocycles. The Morgan fingerprint density at radius 3 is 0.750 bits per heavy atom. The summed E-state index contributed by atoms with van der Waals surface area (Å²) in [6.45, 7) is 0. The van der Waals surface area contributed by atoms with E-state index in [0.29, 0.717) is 0 Å². The third-order valence-electron chi connectivity index (χ3n) is 13.7. The van der Waals surface area contributed by atoms with Crippen LogP contribution in [0, 0.1) is 23.7 Å². The first-order chi connectivity index (χ1) is 15.6. The van der Waals surface area contributed by atoms with Crippen molar-refractivity contribution in [1.29, 1.82) is 0 Å². The summed E-state index contributed by atoms with van der Waals surface area (Å²) in [6, 6.07) is 0. The number of hydrogen-bond acceptors (Lipinski definition) is 0. The van der Waals surface area contributed by atoms with Crippen molar-refractivity contribution >= 4 is 15.8 Å². The molecule has 2 heteroatoms. The lowest BCUT2D eigenvalue weighted by atomic mass is 9.99. The third-order valence-corrected chi connectivity index (χ3v) is 22.4. The molecule has 0 heterocycles. The zero-order chi connectivity index (χ0) is 21.0. The number of rotatable bonds is 7. The van der Waals surface area contributed by atoms with E-state index >= 15 is 0 Å². The van der Waals surface area contributed by atoms with Gasteiger partial charge in [0.25, 0.3) is 0 Å². The SMILES string of the molecule is C1CC2(P(CCP(C34CCC(CC3)C4)C34CCC(CC3)C4)C34CCC(CC3)C4)CCC1C2. The topological polar surface area (TPSA) is 0 Å². The molecule has 0 aliphatic heterocycles. The van der Waals surface area contributed by atoms with Crippen molar-refractivity contribution in [3.63, 3.8) is 0 Å². The summed E-state index contributed by atoms with van der Waals surface area (Å²) in [5.41, 5.74) is 0. The molecule has 0 N–H and O–H groups in total. The van der Waals surface area contributed by atoms with Gasteiger partial charge in [-0.3, -0.25) is 0 Å². The highest BCUT2D eigenvalue weighted by Crippen LogP contribution is 2.81. The lowest BCUT2D eigenvalue weighted by Crippen LogP contribution is -2.38. The highest BCUT2D eigenvalue weighted by atomic mass is 31.1. The molecule has 0 aromatic rings. The standard InChI is InChI=1S/C30H48P2/c1-9-27(10-2-23(1)19-27)31(28-11-3-24(20-28)4-12-28)17-18-32(29-13-5-25(21-29)6-14-29)30-15-7-26(22-30)8-16-30/h23-26H,1-22H2. The third kappa shape index (κ3) is 2.87. The zero-order valence-corrected chi connectivity index (χ0v) is 22.5. The van der Waals surface area contributed by atoms with Gasteiger partial charge in [0, 0.05) is 0 Å². The fourth-order valence-corrected chi connectivity index (χ4v) is 22.9. The van der Waals surface area contributed by atoms with E-state index < -0.39 is 0 Å². The Labute approximate surface area is 200 Å². The van der Waals surface area contributed by atoms with Gasteiger partial charge >= 0.3 is 0 Å². The molecule has 8 fully saturated rings. The summed E-state index contributed by atoms with van der Waals surface area (Å²) >= 11 is 0. The molecular weight excluding hydrogens is 422 g/mol. The average Bonchev–Trinajstić information content (AvgIpc) is 3.67.